The van der Waals surface area contributed by atoms with Crippen LogP contribution in [0.1, 0.15) is 24.5 Å². The van der Waals surface area contributed by atoms with E-state index in [2.05, 4.69) is 0 Å². The van der Waals surface area contributed by atoms with Gasteiger partial charge in [0.05, 0.1) is 6.10 Å². The van der Waals surface area contributed by atoms with Gasteiger partial charge in [0.25, 0.3) is 0 Å². The SMILES string of the molecule is OC(c1cccc(OC2CC2)c1)C(F)(F)Cl. The predicted octanol–water partition coefficient (Wildman–Crippen LogP) is 3.09. The molecule has 1 aromatic carbocycles. The molecule has 0 spiro atoms. The van der Waals surface area contributed by atoms with Gasteiger partial charge in [0.2, 0.25) is 0 Å². The average molecular weight is 249 g/mol. The van der Waals surface area contributed by atoms with Crippen LogP contribution in [-0.4, -0.2) is 16.6 Å². The van der Waals surface area contributed by atoms with Crippen molar-refractivity contribution in [3.63, 3.8) is 0 Å². The van der Waals surface area contributed by atoms with Crippen LogP contribution in [0.15, 0.2) is 24.3 Å². The number of rotatable bonds is 4. The van der Waals surface area contributed by atoms with Gasteiger partial charge < -0.3 is 9.84 Å². The third-order valence-corrected chi connectivity index (χ3v) is 2.52. The zero-order valence-corrected chi connectivity index (χ0v) is 9.12. The summed E-state index contributed by atoms with van der Waals surface area (Å²) in [5.74, 6) is 0.486. The lowest BCUT2D eigenvalue weighted by atomic mass is 10.1. The lowest BCUT2D eigenvalue weighted by Gasteiger charge is -2.16. The molecule has 1 atom stereocenters. The van der Waals surface area contributed by atoms with Gasteiger partial charge in [-0.1, -0.05) is 12.1 Å². The van der Waals surface area contributed by atoms with Gasteiger partial charge in [-0.05, 0) is 42.1 Å². The van der Waals surface area contributed by atoms with E-state index in [0.717, 1.165) is 12.8 Å². The van der Waals surface area contributed by atoms with E-state index in [-0.39, 0.29) is 11.7 Å². The molecule has 1 fully saturated rings. The minimum absolute atomic E-state index is 0.0538. The summed E-state index contributed by atoms with van der Waals surface area (Å²) in [7, 11) is 0. The van der Waals surface area contributed by atoms with Crippen molar-refractivity contribution < 1.29 is 18.6 Å². The van der Waals surface area contributed by atoms with E-state index < -0.39 is 11.5 Å². The molecule has 0 radical (unpaired) electrons. The molecule has 0 amide bonds. The Hall–Kier alpha value is -0.870. The van der Waals surface area contributed by atoms with Crippen molar-refractivity contribution in [2.45, 2.75) is 30.4 Å². The summed E-state index contributed by atoms with van der Waals surface area (Å²) in [6, 6.07) is 6.00. The summed E-state index contributed by atoms with van der Waals surface area (Å²) < 4.78 is 30.8. The van der Waals surface area contributed by atoms with Crippen LogP contribution in [0.4, 0.5) is 8.78 Å². The highest BCUT2D eigenvalue weighted by Gasteiger charge is 2.37. The van der Waals surface area contributed by atoms with E-state index in [9.17, 15) is 13.9 Å². The van der Waals surface area contributed by atoms with Crippen molar-refractivity contribution in [1.29, 1.82) is 0 Å². The van der Waals surface area contributed by atoms with Crippen LogP contribution >= 0.6 is 11.6 Å². The Morgan fingerprint density at radius 1 is 1.44 bits per heavy atom. The number of aliphatic hydroxyl groups is 1. The maximum Gasteiger partial charge on any atom is 0.351 e. The van der Waals surface area contributed by atoms with Gasteiger partial charge in [-0.25, -0.2) is 0 Å². The fraction of sp³-hybridized carbons (Fsp3) is 0.455. The van der Waals surface area contributed by atoms with Gasteiger partial charge in [0, 0.05) is 0 Å². The second-order valence-electron chi connectivity index (χ2n) is 3.83. The van der Waals surface area contributed by atoms with Crippen LogP contribution < -0.4 is 4.74 Å². The molecule has 0 heterocycles. The van der Waals surface area contributed by atoms with Crippen molar-refractivity contribution in [2.75, 3.05) is 0 Å². The summed E-state index contributed by atoms with van der Waals surface area (Å²) >= 11 is 4.76. The Labute approximate surface area is 96.8 Å². The molecule has 1 N–H and O–H groups in total. The second-order valence-corrected chi connectivity index (χ2v) is 4.34. The Balaban J connectivity index is 2.14. The second kappa shape index (κ2) is 4.18. The number of hydrogen-bond acceptors (Lipinski definition) is 2. The van der Waals surface area contributed by atoms with E-state index in [4.69, 9.17) is 16.3 Å². The van der Waals surface area contributed by atoms with Crippen LogP contribution in [0.2, 0.25) is 0 Å². The third-order valence-electron chi connectivity index (χ3n) is 2.31. The molecule has 5 heteroatoms. The summed E-state index contributed by atoms with van der Waals surface area (Å²) in [6.07, 6.45) is 0.137. The van der Waals surface area contributed by atoms with Crippen LogP contribution in [0.3, 0.4) is 0 Å². The smallest absolute Gasteiger partial charge is 0.351 e. The topological polar surface area (TPSA) is 29.5 Å². The molecule has 0 bridgehead atoms. The largest absolute Gasteiger partial charge is 0.490 e. The maximum absolute atomic E-state index is 12.7. The number of alkyl halides is 3. The molecule has 1 aliphatic rings. The Bertz CT molecular complexity index is 374. The molecule has 1 aromatic rings. The fourth-order valence-electron chi connectivity index (χ4n) is 1.33. The zero-order valence-electron chi connectivity index (χ0n) is 8.37. The Morgan fingerprint density at radius 3 is 2.69 bits per heavy atom. The van der Waals surface area contributed by atoms with Gasteiger partial charge in [-0.2, -0.15) is 8.78 Å². The van der Waals surface area contributed by atoms with E-state index >= 15 is 0 Å². The fourth-order valence-corrected chi connectivity index (χ4v) is 1.45. The summed E-state index contributed by atoms with van der Waals surface area (Å²) in [5, 5.41) is 5.63. The summed E-state index contributed by atoms with van der Waals surface area (Å²) in [4.78, 5) is 0. The molecule has 0 saturated heterocycles. The molecule has 88 valence electrons. The van der Waals surface area contributed by atoms with Crippen molar-refractivity contribution in [3.8, 4) is 5.75 Å². The molecular formula is C11H11ClF2O2. The van der Waals surface area contributed by atoms with Crippen LogP contribution in [-0.2, 0) is 0 Å². The Kier molecular flexibility index (Phi) is 3.04. The average Bonchev–Trinajstić information content (AvgIpc) is 2.99. The number of hydrogen-bond donors (Lipinski definition) is 1. The van der Waals surface area contributed by atoms with Crippen molar-refractivity contribution in [3.05, 3.63) is 29.8 Å². The molecule has 2 nitrogen and oxygen atoms in total. The highest BCUT2D eigenvalue weighted by Crippen LogP contribution is 2.36. The number of ether oxygens (including phenoxy) is 1. The minimum Gasteiger partial charge on any atom is -0.490 e. The van der Waals surface area contributed by atoms with E-state index in [0.29, 0.717) is 5.75 Å². The van der Waals surface area contributed by atoms with Gasteiger partial charge in [0.1, 0.15) is 5.75 Å². The van der Waals surface area contributed by atoms with Gasteiger partial charge in [-0.15, -0.1) is 0 Å². The van der Waals surface area contributed by atoms with Crippen molar-refractivity contribution in [2.24, 2.45) is 0 Å². The van der Waals surface area contributed by atoms with E-state index in [1.165, 1.54) is 12.1 Å². The highest BCUT2D eigenvalue weighted by atomic mass is 35.5. The molecule has 0 aromatic heterocycles. The summed E-state index contributed by atoms with van der Waals surface area (Å²) in [5.41, 5.74) is 0.0538. The first-order valence-corrected chi connectivity index (χ1v) is 5.36. The zero-order chi connectivity index (χ0) is 11.8. The van der Waals surface area contributed by atoms with E-state index in [1.807, 2.05) is 0 Å². The molecule has 1 unspecified atom stereocenters. The van der Waals surface area contributed by atoms with Gasteiger partial charge in [-0.3, -0.25) is 0 Å². The number of halogens is 3. The summed E-state index contributed by atoms with van der Waals surface area (Å²) in [6.45, 7) is 0. The predicted molar refractivity (Wildman–Crippen MR) is 55.9 cm³/mol. The normalized spacial score (nSPS) is 18.2. The monoisotopic (exact) mass is 248 g/mol. The lowest BCUT2D eigenvalue weighted by molar-refractivity contribution is -0.0425. The van der Waals surface area contributed by atoms with Crippen LogP contribution in [0.5, 0.6) is 5.75 Å². The molecule has 1 saturated carbocycles. The Morgan fingerprint density at radius 2 is 2.12 bits per heavy atom. The molecule has 2 rings (SSSR count). The van der Waals surface area contributed by atoms with Crippen LogP contribution in [0.25, 0.3) is 0 Å². The molecule has 16 heavy (non-hydrogen) atoms. The van der Waals surface area contributed by atoms with Crippen molar-refractivity contribution in [1.82, 2.24) is 0 Å². The number of benzene rings is 1. The maximum atomic E-state index is 12.7. The van der Waals surface area contributed by atoms with Crippen LogP contribution in [0, 0.1) is 0 Å². The molecular weight excluding hydrogens is 238 g/mol. The highest BCUT2D eigenvalue weighted by molar-refractivity contribution is 6.22. The molecule has 1 aliphatic carbocycles. The van der Waals surface area contributed by atoms with Crippen molar-refractivity contribution >= 4 is 11.6 Å². The third kappa shape index (κ3) is 2.83. The minimum atomic E-state index is -3.67. The first-order valence-electron chi connectivity index (χ1n) is 4.98. The van der Waals surface area contributed by atoms with Gasteiger partial charge >= 0.3 is 5.38 Å². The quantitative estimate of drug-likeness (QED) is 0.830. The number of aliphatic hydroxyl groups excluding tert-OH is 1. The van der Waals surface area contributed by atoms with Gasteiger partial charge in [0.15, 0.2) is 6.10 Å². The lowest BCUT2D eigenvalue weighted by Crippen LogP contribution is -2.18. The van der Waals surface area contributed by atoms with E-state index in [1.54, 1.807) is 12.1 Å². The standard InChI is InChI=1S/C11H11ClF2O2/c12-11(13,14)10(15)7-2-1-3-9(6-7)16-8-4-5-8/h1-3,6,8,10,15H,4-5H2. The molecule has 0 aliphatic heterocycles. The first-order chi connectivity index (χ1) is 7.47. The first kappa shape index (κ1) is 11.6.